The highest BCUT2D eigenvalue weighted by molar-refractivity contribution is 5.71. The fourth-order valence-corrected chi connectivity index (χ4v) is 7.81. The van der Waals surface area contributed by atoms with E-state index in [1.807, 2.05) is 0 Å². The van der Waals surface area contributed by atoms with Gasteiger partial charge in [-0.25, -0.2) is 0 Å². The maximum Gasteiger partial charge on any atom is 0.306 e. The van der Waals surface area contributed by atoms with Crippen LogP contribution in [-0.2, 0) is 28.6 Å². The molecular weight excluding hydrogens is 841 g/mol. The first-order valence-corrected chi connectivity index (χ1v) is 28.6. The van der Waals surface area contributed by atoms with Crippen LogP contribution < -0.4 is 0 Å². The predicted molar refractivity (Wildman–Crippen MR) is 293 cm³/mol. The summed E-state index contributed by atoms with van der Waals surface area (Å²) in [4.78, 5) is 38.1. The Hall–Kier alpha value is -3.41. The highest BCUT2D eigenvalue weighted by Gasteiger charge is 2.19. The molecule has 0 aromatic rings. The Morgan fingerprint density at radius 1 is 0.309 bits per heavy atom. The monoisotopic (exact) mass is 947 g/mol. The highest BCUT2D eigenvalue weighted by atomic mass is 16.6. The molecule has 0 saturated carbocycles. The van der Waals surface area contributed by atoms with E-state index >= 15 is 0 Å². The number of hydrogen-bond acceptors (Lipinski definition) is 6. The van der Waals surface area contributed by atoms with Crippen LogP contribution >= 0.6 is 0 Å². The van der Waals surface area contributed by atoms with Crippen LogP contribution in [-0.4, -0.2) is 37.2 Å². The lowest BCUT2D eigenvalue weighted by Crippen LogP contribution is -2.30. The number of esters is 3. The number of carbonyl (C=O) groups is 3. The van der Waals surface area contributed by atoms with Gasteiger partial charge in [-0.1, -0.05) is 221 Å². The van der Waals surface area contributed by atoms with Gasteiger partial charge >= 0.3 is 17.9 Å². The zero-order valence-corrected chi connectivity index (χ0v) is 44.6. The largest absolute Gasteiger partial charge is 0.462 e. The predicted octanol–water partition coefficient (Wildman–Crippen LogP) is 19.2. The van der Waals surface area contributed by atoms with Crippen molar-refractivity contribution in [1.29, 1.82) is 0 Å². The lowest BCUT2D eigenvalue weighted by Gasteiger charge is -2.18. The molecule has 6 nitrogen and oxygen atoms in total. The van der Waals surface area contributed by atoms with Gasteiger partial charge in [0.2, 0.25) is 0 Å². The van der Waals surface area contributed by atoms with Crippen LogP contribution in [0.25, 0.3) is 0 Å². The molecule has 0 aliphatic heterocycles. The minimum atomic E-state index is -0.797. The summed E-state index contributed by atoms with van der Waals surface area (Å²) >= 11 is 0. The van der Waals surface area contributed by atoms with Crippen molar-refractivity contribution >= 4 is 17.9 Å². The molecular formula is C62H106O6. The Balaban J connectivity index is 4.42. The van der Waals surface area contributed by atoms with Crippen molar-refractivity contribution in [1.82, 2.24) is 0 Å². The van der Waals surface area contributed by atoms with E-state index < -0.39 is 6.10 Å². The van der Waals surface area contributed by atoms with Crippen LogP contribution in [0.2, 0.25) is 0 Å². The summed E-state index contributed by atoms with van der Waals surface area (Å²) in [5.74, 6) is -0.936. The zero-order valence-electron chi connectivity index (χ0n) is 44.6. The van der Waals surface area contributed by atoms with E-state index in [1.54, 1.807) is 0 Å². The fourth-order valence-electron chi connectivity index (χ4n) is 7.81. The lowest BCUT2D eigenvalue weighted by molar-refractivity contribution is -0.167. The van der Waals surface area contributed by atoms with Crippen LogP contribution in [0.1, 0.15) is 271 Å². The van der Waals surface area contributed by atoms with Crippen molar-refractivity contribution in [2.45, 2.75) is 277 Å². The third-order valence-corrected chi connectivity index (χ3v) is 12.1. The van der Waals surface area contributed by atoms with Crippen LogP contribution in [0.4, 0.5) is 0 Å². The van der Waals surface area contributed by atoms with E-state index in [0.717, 1.165) is 103 Å². The molecule has 0 heterocycles. The Morgan fingerprint density at radius 2 is 0.574 bits per heavy atom. The second-order valence-electron chi connectivity index (χ2n) is 18.8. The van der Waals surface area contributed by atoms with Gasteiger partial charge < -0.3 is 14.2 Å². The second kappa shape index (κ2) is 56.2. The van der Waals surface area contributed by atoms with Gasteiger partial charge in [0.05, 0.1) is 0 Å². The van der Waals surface area contributed by atoms with Gasteiger partial charge in [0.1, 0.15) is 13.2 Å². The Labute approximate surface area is 420 Å². The van der Waals surface area contributed by atoms with E-state index in [-0.39, 0.29) is 31.1 Å². The molecule has 0 rings (SSSR count). The molecule has 0 bridgehead atoms. The number of unbranched alkanes of at least 4 members (excludes halogenated alkanes) is 26. The molecule has 1 unspecified atom stereocenters. The average molecular weight is 948 g/mol. The van der Waals surface area contributed by atoms with E-state index in [1.165, 1.54) is 128 Å². The molecule has 0 aliphatic rings. The minimum Gasteiger partial charge on any atom is -0.462 e. The molecule has 0 aromatic carbocycles. The van der Waals surface area contributed by atoms with Crippen LogP contribution in [0.3, 0.4) is 0 Å². The summed E-state index contributed by atoms with van der Waals surface area (Å²) < 4.78 is 16.8. The molecule has 1 atom stereocenters. The summed E-state index contributed by atoms with van der Waals surface area (Å²) in [5.41, 5.74) is 0. The first-order valence-electron chi connectivity index (χ1n) is 28.6. The standard InChI is InChI=1S/C62H106O6/c1-4-7-10-13-16-19-22-25-27-29-31-33-34-37-40-43-46-49-52-55-61(64)67-58-59(57-66-60(63)54-51-48-45-42-39-36-24-21-18-15-12-9-6-3)68-62(65)56-53-50-47-44-41-38-35-32-30-28-26-23-20-17-14-11-8-5-2/h9,12,16,18-19,21,25,27-28,30-31,33,36,39,59H,4-8,10-11,13-15,17,20,22-24,26,29,32,34-35,37-38,40-58H2,1-3H3/b12-9-,19-16-,21-18-,27-25-,30-28-,33-31-,39-36-. The van der Waals surface area contributed by atoms with Gasteiger partial charge in [-0.2, -0.15) is 0 Å². The van der Waals surface area contributed by atoms with Gasteiger partial charge in [0.15, 0.2) is 6.10 Å². The lowest BCUT2D eigenvalue weighted by atomic mass is 10.1. The van der Waals surface area contributed by atoms with Crippen LogP contribution in [0.5, 0.6) is 0 Å². The normalized spacial score (nSPS) is 12.7. The maximum atomic E-state index is 12.9. The second-order valence-corrected chi connectivity index (χ2v) is 18.8. The number of hydrogen-bond donors (Lipinski definition) is 0. The van der Waals surface area contributed by atoms with Crippen LogP contribution in [0, 0.1) is 0 Å². The summed E-state index contributed by atoms with van der Waals surface area (Å²) in [6.07, 6.45) is 72.9. The minimum absolute atomic E-state index is 0.0946. The zero-order chi connectivity index (χ0) is 49.3. The Kier molecular flexibility index (Phi) is 53.4. The first kappa shape index (κ1) is 64.6. The van der Waals surface area contributed by atoms with Crippen molar-refractivity contribution in [3.05, 3.63) is 85.1 Å². The topological polar surface area (TPSA) is 78.9 Å². The van der Waals surface area contributed by atoms with Crippen molar-refractivity contribution in [2.24, 2.45) is 0 Å². The molecule has 0 fully saturated rings. The average Bonchev–Trinajstić information content (AvgIpc) is 3.34. The molecule has 68 heavy (non-hydrogen) atoms. The highest BCUT2D eigenvalue weighted by Crippen LogP contribution is 2.14. The molecule has 0 amide bonds. The van der Waals surface area contributed by atoms with E-state index in [2.05, 4.69) is 106 Å². The van der Waals surface area contributed by atoms with E-state index in [4.69, 9.17) is 14.2 Å². The summed E-state index contributed by atoms with van der Waals surface area (Å²) in [6, 6.07) is 0. The smallest absolute Gasteiger partial charge is 0.306 e. The van der Waals surface area contributed by atoms with Gasteiger partial charge in [-0.3, -0.25) is 14.4 Å². The van der Waals surface area contributed by atoms with Gasteiger partial charge in [-0.15, -0.1) is 0 Å². The Morgan fingerprint density at radius 3 is 0.956 bits per heavy atom. The van der Waals surface area contributed by atoms with Crippen molar-refractivity contribution in [3.63, 3.8) is 0 Å². The van der Waals surface area contributed by atoms with Crippen molar-refractivity contribution in [3.8, 4) is 0 Å². The number of ether oxygens (including phenoxy) is 3. The Bertz CT molecular complexity index is 1320. The number of allylic oxidation sites excluding steroid dienone is 14. The fraction of sp³-hybridized carbons (Fsp3) is 0.726. The summed E-state index contributed by atoms with van der Waals surface area (Å²) in [5, 5.41) is 0. The summed E-state index contributed by atoms with van der Waals surface area (Å²) in [6.45, 7) is 6.47. The maximum absolute atomic E-state index is 12.9. The quantitative estimate of drug-likeness (QED) is 0.0262. The van der Waals surface area contributed by atoms with Gasteiger partial charge in [0.25, 0.3) is 0 Å². The third-order valence-electron chi connectivity index (χ3n) is 12.1. The first-order chi connectivity index (χ1) is 33.5. The molecule has 0 aromatic heterocycles. The van der Waals surface area contributed by atoms with Crippen LogP contribution in [0.15, 0.2) is 85.1 Å². The van der Waals surface area contributed by atoms with E-state index in [0.29, 0.717) is 19.3 Å². The molecule has 0 radical (unpaired) electrons. The molecule has 0 aliphatic carbocycles. The van der Waals surface area contributed by atoms with Gasteiger partial charge in [0, 0.05) is 19.3 Å². The van der Waals surface area contributed by atoms with Gasteiger partial charge in [-0.05, 0) is 116 Å². The number of carbonyl (C=O) groups excluding carboxylic acids is 3. The van der Waals surface area contributed by atoms with Crippen molar-refractivity contribution < 1.29 is 28.6 Å². The molecule has 0 spiro atoms. The molecule has 390 valence electrons. The SMILES string of the molecule is CC/C=C\C/C=C\C/C=C\CCCCCC(=O)OCC(COC(=O)CCCCCCCC/C=C\C/C=C\C/C=C\CCCCC)OC(=O)CCCCCCCCC/C=C\CCCCCCCCC. The van der Waals surface area contributed by atoms with Crippen molar-refractivity contribution in [2.75, 3.05) is 13.2 Å². The summed E-state index contributed by atoms with van der Waals surface area (Å²) in [7, 11) is 0. The third kappa shape index (κ3) is 53.5. The number of rotatable bonds is 51. The van der Waals surface area contributed by atoms with E-state index in [9.17, 15) is 14.4 Å². The molecule has 0 N–H and O–H groups in total. The molecule has 0 saturated heterocycles. The molecule has 6 heteroatoms.